The molecule has 0 aliphatic carbocycles. The predicted octanol–water partition coefficient (Wildman–Crippen LogP) is 6.86. The number of para-hydroxylation sites is 2. The van der Waals surface area contributed by atoms with Gasteiger partial charge in [-0.05, 0) is 24.1 Å². The second-order valence-electron chi connectivity index (χ2n) is 5.65. The molecular formula is C20H15Cl2N. The first-order valence-corrected chi connectivity index (χ1v) is 8.43. The highest BCUT2D eigenvalue weighted by molar-refractivity contribution is 6.44. The highest BCUT2D eigenvalue weighted by Crippen LogP contribution is 2.41. The molecule has 0 amide bonds. The predicted molar refractivity (Wildman–Crippen MR) is 101 cm³/mol. The zero-order valence-electron chi connectivity index (χ0n) is 12.7. The molecule has 0 saturated heterocycles. The zero-order chi connectivity index (χ0) is 16.0. The molecule has 3 heteroatoms. The number of hydrogen-bond acceptors (Lipinski definition) is 0. The number of benzene rings is 3. The van der Waals surface area contributed by atoms with Gasteiger partial charge in [-0.15, -0.1) is 0 Å². The third kappa shape index (κ3) is 2.23. The van der Waals surface area contributed by atoms with Crippen molar-refractivity contribution in [2.75, 3.05) is 0 Å². The lowest BCUT2D eigenvalue weighted by atomic mass is 9.96. The van der Waals surface area contributed by atoms with Crippen LogP contribution in [-0.2, 0) is 6.42 Å². The quantitative estimate of drug-likeness (QED) is 0.410. The molecule has 3 aromatic carbocycles. The molecule has 0 unspecified atom stereocenters. The number of aromatic amines is 1. The summed E-state index contributed by atoms with van der Waals surface area (Å²) in [5.41, 5.74) is 5.56. The first-order chi connectivity index (χ1) is 11.2. The maximum atomic E-state index is 6.56. The minimum atomic E-state index is 0.590. The Hall–Kier alpha value is -1.96. The van der Waals surface area contributed by atoms with Gasteiger partial charge >= 0.3 is 0 Å². The first-order valence-electron chi connectivity index (χ1n) is 7.67. The monoisotopic (exact) mass is 339 g/mol. The van der Waals surface area contributed by atoms with Gasteiger partial charge in [0.1, 0.15) is 0 Å². The minimum Gasteiger partial charge on any atom is -0.354 e. The summed E-state index contributed by atoms with van der Waals surface area (Å²) < 4.78 is 0. The molecule has 0 aliphatic heterocycles. The second-order valence-corrected chi connectivity index (χ2v) is 6.43. The molecule has 1 N–H and O–H groups in total. The largest absolute Gasteiger partial charge is 0.354 e. The summed E-state index contributed by atoms with van der Waals surface area (Å²) in [6.45, 7) is 2.13. The van der Waals surface area contributed by atoms with Crippen molar-refractivity contribution in [1.82, 2.24) is 4.98 Å². The third-order valence-corrected chi connectivity index (χ3v) is 5.18. The minimum absolute atomic E-state index is 0.590. The van der Waals surface area contributed by atoms with Crippen molar-refractivity contribution in [3.63, 3.8) is 0 Å². The van der Waals surface area contributed by atoms with E-state index in [1.807, 2.05) is 12.1 Å². The Morgan fingerprint density at radius 3 is 2.48 bits per heavy atom. The van der Waals surface area contributed by atoms with Crippen molar-refractivity contribution in [2.45, 2.75) is 13.3 Å². The average Bonchev–Trinajstić information content (AvgIpc) is 2.96. The molecule has 0 atom stereocenters. The Bertz CT molecular complexity index is 1030. The molecule has 0 bridgehead atoms. The summed E-state index contributed by atoms with van der Waals surface area (Å²) in [6, 6.07) is 18.6. The summed E-state index contributed by atoms with van der Waals surface area (Å²) in [4.78, 5) is 3.54. The fourth-order valence-electron chi connectivity index (χ4n) is 3.26. The van der Waals surface area contributed by atoms with Crippen LogP contribution in [0.15, 0.2) is 54.6 Å². The number of nitrogens with one attached hydrogen (secondary N) is 1. The number of hydrogen-bond donors (Lipinski definition) is 1. The molecule has 4 aromatic rings. The highest BCUT2D eigenvalue weighted by atomic mass is 35.5. The van der Waals surface area contributed by atoms with Gasteiger partial charge < -0.3 is 4.98 Å². The summed E-state index contributed by atoms with van der Waals surface area (Å²) in [5, 5.41) is 3.64. The molecule has 1 nitrogen and oxygen atoms in total. The lowest BCUT2D eigenvalue weighted by Gasteiger charge is -2.13. The average molecular weight is 340 g/mol. The van der Waals surface area contributed by atoms with Crippen molar-refractivity contribution >= 4 is 45.0 Å². The van der Waals surface area contributed by atoms with Crippen LogP contribution in [0.3, 0.4) is 0 Å². The molecule has 1 aromatic heterocycles. The van der Waals surface area contributed by atoms with Crippen LogP contribution in [0, 0.1) is 0 Å². The summed E-state index contributed by atoms with van der Waals surface area (Å²) in [6.07, 6.45) is 0.906. The Morgan fingerprint density at radius 1 is 0.870 bits per heavy atom. The highest BCUT2D eigenvalue weighted by Gasteiger charge is 2.16. The lowest BCUT2D eigenvalue weighted by molar-refractivity contribution is 1.14. The molecule has 0 fully saturated rings. The van der Waals surface area contributed by atoms with E-state index >= 15 is 0 Å². The van der Waals surface area contributed by atoms with Gasteiger partial charge in [0, 0.05) is 27.4 Å². The molecule has 23 heavy (non-hydrogen) atoms. The molecule has 0 radical (unpaired) electrons. The Balaban J connectivity index is 2.13. The number of aromatic nitrogens is 1. The van der Waals surface area contributed by atoms with E-state index in [4.69, 9.17) is 23.2 Å². The van der Waals surface area contributed by atoms with Gasteiger partial charge in [0.15, 0.2) is 0 Å². The number of halogens is 2. The van der Waals surface area contributed by atoms with Gasteiger partial charge in [-0.1, -0.05) is 72.6 Å². The van der Waals surface area contributed by atoms with Crippen LogP contribution < -0.4 is 0 Å². The molecule has 0 aliphatic rings. The first kappa shape index (κ1) is 14.6. The van der Waals surface area contributed by atoms with Gasteiger partial charge in [0.25, 0.3) is 0 Å². The van der Waals surface area contributed by atoms with Gasteiger partial charge in [-0.3, -0.25) is 0 Å². The lowest BCUT2D eigenvalue weighted by Crippen LogP contribution is -1.91. The van der Waals surface area contributed by atoms with Gasteiger partial charge in [-0.2, -0.15) is 0 Å². The summed E-state index contributed by atoms with van der Waals surface area (Å²) >= 11 is 12.8. The van der Waals surface area contributed by atoms with E-state index in [9.17, 15) is 0 Å². The maximum Gasteiger partial charge on any atom is 0.0674 e. The fourth-order valence-corrected chi connectivity index (χ4v) is 3.70. The second kappa shape index (κ2) is 5.59. The normalized spacial score (nSPS) is 11.4. The standard InChI is InChI=1S/C20H15Cl2N/c1-2-12-10-11-16(21)19(22)18(12)15-8-5-7-14-13-6-3-4-9-17(13)23-20(14)15/h3-11,23H,2H2,1H3. The van der Waals surface area contributed by atoms with Gasteiger partial charge in [0.05, 0.1) is 15.6 Å². The van der Waals surface area contributed by atoms with E-state index in [1.54, 1.807) is 0 Å². The Morgan fingerprint density at radius 2 is 1.65 bits per heavy atom. The number of fused-ring (bicyclic) bond motifs is 3. The number of rotatable bonds is 2. The third-order valence-electron chi connectivity index (χ3n) is 4.37. The topological polar surface area (TPSA) is 15.8 Å². The van der Waals surface area contributed by atoms with Crippen LogP contribution in [-0.4, -0.2) is 4.98 Å². The van der Waals surface area contributed by atoms with Crippen LogP contribution in [0.25, 0.3) is 32.9 Å². The fraction of sp³-hybridized carbons (Fsp3) is 0.100. The summed E-state index contributed by atoms with van der Waals surface area (Å²) in [7, 11) is 0. The van der Waals surface area contributed by atoms with E-state index in [1.165, 1.54) is 16.3 Å². The molecule has 0 spiro atoms. The maximum absolute atomic E-state index is 6.56. The van der Waals surface area contributed by atoms with Crippen LogP contribution in [0.5, 0.6) is 0 Å². The Kier molecular flexibility index (Phi) is 3.56. The molecule has 4 rings (SSSR count). The van der Waals surface area contributed by atoms with Crippen LogP contribution in [0.4, 0.5) is 0 Å². The molecule has 1 heterocycles. The van der Waals surface area contributed by atoms with E-state index in [-0.39, 0.29) is 0 Å². The van der Waals surface area contributed by atoms with E-state index in [2.05, 4.69) is 54.4 Å². The van der Waals surface area contributed by atoms with E-state index in [0.717, 1.165) is 28.6 Å². The molecule has 0 saturated carbocycles. The van der Waals surface area contributed by atoms with Crippen molar-refractivity contribution < 1.29 is 0 Å². The SMILES string of the molecule is CCc1ccc(Cl)c(Cl)c1-c1cccc2c1[nH]c1ccccc12. The summed E-state index contributed by atoms with van der Waals surface area (Å²) in [5.74, 6) is 0. The van der Waals surface area contributed by atoms with Gasteiger partial charge in [0.2, 0.25) is 0 Å². The molecular weight excluding hydrogens is 325 g/mol. The van der Waals surface area contributed by atoms with Crippen molar-refractivity contribution in [3.05, 3.63) is 70.2 Å². The van der Waals surface area contributed by atoms with Crippen molar-refractivity contribution in [2.24, 2.45) is 0 Å². The van der Waals surface area contributed by atoms with Crippen LogP contribution in [0.2, 0.25) is 10.0 Å². The number of H-pyrrole nitrogens is 1. The van der Waals surface area contributed by atoms with Crippen molar-refractivity contribution in [3.8, 4) is 11.1 Å². The van der Waals surface area contributed by atoms with Crippen LogP contribution in [0.1, 0.15) is 12.5 Å². The smallest absolute Gasteiger partial charge is 0.0674 e. The van der Waals surface area contributed by atoms with Gasteiger partial charge in [-0.25, -0.2) is 0 Å². The zero-order valence-corrected chi connectivity index (χ0v) is 14.2. The van der Waals surface area contributed by atoms with E-state index < -0.39 is 0 Å². The number of aryl methyl sites for hydroxylation is 1. The Labute approximate surface area is 144 Å². The van der Waals surface area contributed by atoms with E-state index in [0.29, 0.717) is 10.0 Å². The van der Waals surface area contributed by atoms with Crippen LogP contribution >= 0.6 is 23.2 Å². The molecule has 114 valence electrons. The van der Waals surface area contributed by atoms with Crippen molar-refractivity contribution in [1.29, 1.82) is 0 Å².